The van der Waals surface area contributed by atoms with Crippen LogP contribution in [0.15, 0.2) is 6.20 Å². The Hall–Kier alpha value is -1.14. The van der Waals surface area contributed by atoms with Gasteiger partial charge < -0.3 is 15.2 Å². The summed E-state index contributed by atoms with van der Waals surface area (Å²) in [6, 6.07) is 0. The Kier molecular flexibility index (Phi) is 6.42. The van der Waals surface area contributed by atoms with Crippen LogP contribution in [0.4, 0.5) is 5.82 Å². The number of aromatic nitrogens is 2. The highest BCUT2D eigenvalue weighted by atomic mass is 35.5. The number of hydrogen-bond acceptors (Lipinski definition) is 4. The second kappa shape index (κ2) is 7.59. The molecule has 1 N–H and O–H groups in total. The van der Waals surface area contributed by atoms with Crippen molar-refractivity contribution in [2.45, 2.75) is 64.5 Å². The molecule has 6 nitrogen and oxygen atoms in total. The van der Waals surface area contributed by atoms with Crippen molar-refractivity contribution in [3.05, 3.63) is 21.6 Å². The van der Waals surface area contributed by atoms with Crippen LogP contribution < -0.4 is 0 Å². The molecule has 1 atom stereocenters. The number of unbranched alkanes of at least 4 members (excludes halogenated alkanes) is 4. The normalized spacial score (nSPS) is 14.2. The standard InChI is InChI=1S/C13H22ClN3O3/c1-3-4-5-6-7-8-13(2,18)10-16-9-11(17(19)20)15-12(16)14/h9,18H,3-8,10H2,1-2H3/t13-/m1/s1. The highest BCUT2D eigenvalue weighted by Gasteiger charge is 2.25. The molecule has 0 fully saturated rings. The zero-order valence-corrected chi connectivity index (χ0v) is 12.8. The number of imidazole rings is 1. The molecule has 0 amide bonds. The first-order valence-corrected chi connectivity index (χ1v) is 7.33. The average molecular weight is 304 g/mol. The molecule has 0 saturated heterocycles. The number of nitrogens with zero attached hydrogens (tertiary/aromatic N) is 3. The van der Waals surface area contributed by atoms with E-state index in [4.69, 9.17) is 11.6 Å². The monoisotopic (exact) mass is 303 g/mol. The van der Waals surface area contributed by atoms with Gasteiger partial charge >= 0.3 is 11.1 Å². The second-order valence-electron chi connectivity index (χ2n) is 5.41. The van der Waals surface area contributed by atoms with Gasteiger partial charge in [-0.3, -0.25) is 4.57 Å². The third-order valence-corrected chi connectivity index (χ3v) is 3.53. The van der Waals surface area contributed by atoms with Crippen molar-refractivity contribution < 1.29 is 10.0 Å². The first-order valence-electron chi connectivity index (χ1n) is 6.95. The van der Waals surface area contributed by atoms with E-state index >= 15 is 0 Å². The summed E-state index contributed by atoms with van der Waals surface area (Å²) in [5.74, 6) is -0.297. The lowest BCUT2D eigenvalue weighted by molar-refractivity contribution is -0.389. The molecule has 0 aliphatic rings. The molecule has 0 spiro atoms. The first-order chi connectivity index (χ1) is 9.35. The quantitative estimate of drug-likeness (QED) is 0.429. The van der Waals surface area contributed by atoms with Gasteiger partial charge in [-0.25, -0.2) is 0 Å². The van der Waals surface area contributed by atoms with Crippen LogP contribution >= 0.6 is 11.6 Å². The molecule has 0 unspecified atom stereocenters. The lowest BCUT2D eigenvalue weighted by Crippen LogP contribution is -2.30. The number of nitro groups is 1. The summed E-state index contributed by atoms with van der Waals surface area (Å²) in [4.78, 5) is 13.7. The number of rotatable bonds is 9. The van der Waals surface area contributed by atoms with Gasteiger partial charge in [0.1, 0.15) is 6.20 Å². The van der Waals surface area contributed by atoms with E-state index in [0.29, 0.717) is 6.42 Å². The predicted octanol–water partition coefficient (Wildman–Crippen LogP) is 3.56. The highest BCUT2D eigenvalue weighted by molar-refractivity contribution is 6.28. The van der Waals surface area contributed by atoms with E-state index in [2.05, 4.69) is 11.9 Å². The third kappa shape index (κ3) is 5.46. The molecule has 0 aromatic carbocycles. The van der Waals surface area contributed by atoms with Crippen molar-refractivity contribution >= 4 is 17.4 Å². The molecular formula is C13H22ClN3O3. The summed E-state index contributed by atoms with van der Waals surface area (Å²) < 4.78 is 1.42. The Morgan fingerprint density at radius 3 is 2.65 bits per heavy atom. The number of aliphatic hydroxyl groups is 1. The topological polar surface area (TPSA) is 81.2 Å². The first kappa shape index (κ1) is 16.9. The predicted molar refractivity (Wildman–Crippen MR) is 77.9 cm³/mol. The number of halogens is 1. The zero-order valence-electron chi connectivity index (χ0n) is 12.0. The van der Waals surface area contributed by atoms with Crippen molar-refractivity contribution in [3.63, 3.8) is 0 Å². The van der Waals surface area contributed by atoms with Crippen molar-refractivity contribution in [1.29, 1.82) is 0 Å². The van der Waals surface area contributed by atoms with Gasteiger partial charge in [-0.05, 0) is 34.9 Å². The largest absolute Gasteiger partial charge is 0.388 e. The van der Waals surface area contributed by atoms with E-state index in [-0.39, 0.29) is 17.6 Å². The summed E-state index contributed by atoms with van der Waals surface area (Å²) in [6.45, 7) is 4.08. The highest BCUT2D eigenvalue weighted by Crippen LogP contribution is 2.22. The fourth-order valence-electron chi connectivity index (χ4n) is 2.13. The van der Waals surface area contributed by atoms with Gasteiger partial charge in [0.15, 0.2) is 0 Å². The minimum atomic E-state index is -0.940. The van der Waals surface area contributed by atoms with Crippen LogP contribution in [0, 0.1) is 10.1 Å². The van der Waals surface area contributed by atoms with Crippen LogP contribution in [-0.2, 0) is 6.54 Å². The maximum Gasteiger partial charge on any atom is 0.383 e. The Morgan fingerprint density at radius 1 is 1.45 bits per heavy atom. The SMILES string of the molecule is CCCCCCC[C@@](C)(O)Cn1cc([N+](=O)[O-])nc1Cl. The van der Waals surface area contributed by atoms with Gasteiger partial charge in [0, 0.05) is 0 Å². The summed E-state index contributed by atoms with van der Waals surface area (Å²) in [6.07, 6.45) is 7.48. The molecular weight excluding hydrogens is 282 g/mol. The summed E-state index contributed by atoms with van der Waals surface area (Å²) >= 11 is 5.83. The van der Waals surface area contributed by atoms with Crippen LogP contribution in [0.2, 0.25) is 5.28 Å². The van der Waals surface area contributed by atoms with E-state index in [0.717, 1.165) is 12.8 Å². The van der Waals surface area contributed by atoms with Crippen molar-refractivity contribution in [1.82, 2.24) is 9.55 Å². The summed E-state index contributed by atoms with van der Waals surface area (Å²) in [7, 11) is 0. The van der Waals surface area contributed by atoms with Crippen molar-refractivity contribution in [2.75, 3.05) is 0 Å². The molecule has 0 radical (unpaired) electrons. The minimum absolute atomic E-state index is 0.0305. The molecule has 1 aromatic heterocycles. The molecule has 1 heterocycles. The third-order valence-electron chi connectivity index (χ3n) is 3.23. The fraction of sp³-hybridized carbons (Fsp3) is 0.769. The Bertz CT molecular complexity index is 446. The number of hydrogen-bond donors (Lipinski definition) is 1. The maximum atomic E-state index is 10.6. The summed E-state index contributed by atoms with van der Waals surface area (Å²) in [5.41, 5.74) is -0.940. The van der Waals surface area contributed by atoms with Gasteiger partial charge in [0.05, 0.1) is 12.1 Å². The summed E-state index contributed by atoms with van der Waals surface area (Å²) in [5, 5.41) is 21.0. The molecule has 0 aliphatic heterocycles. The van der Waals surface area contributed by atoms with E-state index in [9.17, 15) is 15.2 Å². The maximum absolute atomic E-state index is 10.6. The molecule has 7 heteroatoms. The van der Waals surface area contributed by atoms with Crippen LogP contribution in [0.25, 0.3) is 0 Å². The zero-order chi connectivity index (χ0) is 15.2. The van der Waals surface area contributed by atoms with Crippen molar-refractivity contribution in [2.24, 2.45) is 0 Å². The van der Waals surface area contributed by atoms with E-state index in [1.54, 1.807) is 6.92 Å². The van der Waals surface area contributed by atoms with E-state index in [1.807, 2.05) is 0 Å². The smallest absolute Gasteiger partial charge is 0.383 e. The Morgan fingerprint density at radius 2 is 2.10 bits per heavy atom. The minimum Gasteiger partial charge on any atom is -0.388 e. The lowest BCUT2D eigenvalue weighted by atomic mass is 9.97. The Labute approximate surface area is 123 Å². The van der Waals surface area contributed by atoms with Crippen LogP contribution in [-0.4, -0.2) is 25.2 Å². The van der Waals surface area contributed by atoms with Crippen molar-refractivity contribution in [3.8, 4) is 0 Å². The van der Waals surface area contributed by atoms with Crippen LogP contribution in [0.5, 0.6) is 0 Å². The molecule has 0 aliphatic carbocycles. The van der Waals surface area contributed by atoms with Gasteiger partial charge in [-0.2, -0.15) is 0 Å². The molecule has 1 rings (SSSR count). The molecule has 0 saturated carbocycles. The fourth-order valence-corrected chi connectivity index (χ4v) is 2.33. The Balaban J connectivity index is 2.50. The molecule has 20 heavy (non-hydrogen) atoms. The van der Waals surface area contributed by atoms with Gasteiger partial charge in [-0.15, -0.1) is 0 Å². The van der Waals surface area contributed by atoms with Crippen LogP contribution in [0.3, 0.4) is 0 Å². The van der Waals surface area contributed by atoms with Crippen LogP contribution in [0.1, 0.15) is 52.4 Å². The lowest BCUT2D eigenvalue weighted by Gasteiger charge is -2.23. The van der Waals surface area contributed by atoms with Gasteiger partial charge in [-0.1, -0.05) is 39.0 Å². The van der Waals surface area contributed by atoms with E-state index in [1.165, 1.54) is 30.0 Å². The second-order valence-corrected chi connectivity index (χ2v) is 5.75. The van der Waals surface area contributed by atoms with Gasteiger partial charge in [0.2, 0.25) is 0 Å². The molecule has 114 valence electrons. The molecule has 1 aromatic rings. The van der Waals surface area contributed by atoms with Gasteiger partial charge in [0.25, 0.3) is 0 Å². The average Bonchev–Trinajstić information content (AvgIpc) is 2.70. The molecule has 0 bridgehead atoms. The van der Waals surface area contributed by atoms with E-state index < -0.39 is 10.5 Å².